The minimum absolute atomic E-state index is 0.212. The molecule has 1 aromatic rings. The summed E-state index contributed by atoms with van der Waals surface area (Å²) in [6.07, 6.45) is 5.05. The van der Waals surface area contributed by atoms with E-state index in [0.29, 0.717) is 26.1 Å². The van der Waals surface area contributed by atoms with Crippen LogP contribution in [0.25, 0.3) is 0 Å². The third kappa shape index (κ3) is 2.73. The van der Waals surface area contributed by atoms with Crippen molar-refractivity contribution in [2.24, 2.45) is 7.05 Å². The summed E-state index contributed by atoms with van der Waals surface area (Å²) in [6.45, 7) is 3.20. The van der Waals surface area contributed by atoms with Gasteiger partial charge in [0.1, 0.15) is 4.90 Å². The quantitative estimate of drug-likeness (QED) is 0.874. The predicted molar refractivity (Wildman–Crippen MR) is 66.6 cm³/mol. The molecule has 1 fully saturated rings. The average molecular weight is 273 g/mol. The van der Waals surface area contributed by atoms with Gasteiger partial charge >= 0.3 is 0 Å². The summed E-state index contributed by atoms with van der Waals surface area (Å²) < 4.78 is 34.2. The summed E-state index contributed by atoms with van der Waals surface area (Å²) in [5.74, 6) is 0. The lowest BCUT2D eigenvalue weighted by Gasteiger charge is -2.36. The smallest absolute Gasteiger partial charge is 0.244 e. The number of nitrogens with zero attached hydrogens (tertiary/aromatic N) is 2. The molecule has 18 heavy (non-hydrogen) atoms. The van der Waals surface area contributed by atoms with Crippen molar-refractivity contribution < 1.29 is 13.2 Å². The lowest BCUT2D eigenvalue weighted by atomic mass is 9.89. The third-order valence-electron chi connectivity index (χ3n) is 3.47. The van der Waals surface area contributed by atoms with E-state index in [9.17, 15) is 8.42 Å². The molecule has 0 amide bonds. The Balaban J connectivity index is 2.21. The Morgan fingerprint density at radius 1 is 1.50 bits per heavy atom. The fourth-order valence-electron chi connectivity index (χ4n) is 2.17. The standard InChI is InChI=1S/C11H19N3O3S/c1-3-11(4-6-17-7-5-11)13-18(15,16)10-8-12-14(2)9-10/h8-9,13H,3-7H2,1-2H3. The third-order valence-corrected chi connectivity index (χ3v) is 5.00. The van der Waals surface area contributed by atoms with Crippen LogP contribution in [0.5, 0.6) is 0 Å². The molecule has 2 rings (SSSR count). The number of rotatable bonds is 4. The van der Waals surface area contributed by atoms with Gasteiger partial charge in [0.2, 0.25) is 10.0 Å². The van der Waals surface area contributed by atoms with E-state index in [2.05, 4.69) is 9.82 Å². The molecule has 1 aliphatic heterocycles. The van der Waals surface area contributed by atoms with Crippen molar-refractivity contribution in [3.63, 3.8) is 0 Å². The van der Waals surface area contributed by atoms with Crippen LogP contribution in [0.15, 0.2) is 17.3 Å². The molecule has 1 N–H and O–H groups in total. The Hall–Kier alpha value is -0.920. The monoisotopic (exact) mass is 273 g/mol. The van der Waals surface area contributed by atoms with Crippen molar-refractivity contribution in [2.45, 2.75) is 36.6 Å². The zero-order valence-corrected chi connectivity index (χ0v) is 11.5. The van der Waals surface area contributed by atoms with Gasteiger partial charge in [-0.05, 0) is 19.3 Å². The SMILES string of the molecule is CCC1(NS(=O)(=O)c2cnn(C)c2)CCOCC1. The Bertz CT molecular complexity index is 503. The van der Waals surface area contributed by atoms with E-state index in [1.165, 1.54) is 17.1 Å². The number of hydrogen-bond donors (Lipinski definition) is 1. The van der Waals surface area contributed by atoms with Crippen LogP contribution < -0.4 is 4.72 Å². The highest BCUT2D eigenvalue weighted by Gasteiger charge is 2.35. The molecular formula is C11H19N3O3S. The molecule has 6 nitrogen and oxygen atoms in total. The molecule has 102 valence electrons. The van der Waals surface area contributed by atoms with E-state index in [0.717, 1.165) is 6.42 Å². The zero-order valence-electron chi connectivity index (χ0n) is 10.7. The summed E-state index contributed by atoms with van der Waals surface area (Å²) in [5.41, 5.74) is -0.382. The maximum absolute atomic E-state index is 12.3. The lowest BCUT2D eigenvalue weighted by molar-refractivity contribution is 0.0457. The molecule has 2 heterocycles. The Morgan fingerprint density at radius 2 is 2.17 bits per heavy atom. The summed E-state index contributed by atoms with van der Waals surface area (Å²) in [6, 6.07) is 0. The molecule has 7 heteroatoms. The Labute approximate surface area is 107 Å². The average Bonchev–Trinajstić information content (AvgIpc) is 2.77. The summed E-state index contributed by atoms with van der Waals surface area (Å²) >= 11 is 0. The number of aryl methyl sites for hydroxylation is 1. The van der Waals surface area contributed by atoms with Gasteiger partial charge in [-0.2, -0.15) is 5.10 Å². The molecule has 0 aromatic carbocycles. The molecule has 0 atom stereocenters. The number of aromatic nitrogens is 2. The summed E-state index contributed by atoms with van der Waals surface area (Å²) in [7, 11) is -1.80. The van der Waals surface area contributed by atoms with Crippen LogP contribution in [-0.2, 0) is 21.8 Å². The van der Waals surface area contributed by atoms with Crippen LogP contribution in [0.4, 0.5) is 0 Å². The molecule has 1 aromatic heterocycles. The normalized spacial score (nSPS) is 19.9. The molecule has 0 unspecified atom stereocenters. The predicted octanol–water partition coefficient (Wildman–Crippen LogP) is 0.658. The van der Waals surface area contributed by atoms with Gasteiger partial charge in [-0.25, -0.2) is 13.1 Å². The first kappa shape index (κ1) is 13.5. The van der Waals surface area contributed by atoms with E-state index >= 15 is 0 Å². The van der Waals surface area contributed by atoms with E-state index in [-0.39, 0.29) is 10.4 Å². The van der Waals surface area contributed by atoms with E-state index < -0.39 is 10.0 Å². The van der Waals surface area contributed by atoms with Gasteiger partial charge in [0.25, 0.3) is 0 Å². The van der Waals surface area contributed by atoms with E-state index in [4.69, 9.17) is 4.74 Å². The molecule has 0 saturated carbocycles. The molecule has 0 bridgehead atoms. The summed E-state index contributed by atoms with van der Waals surface area (Å²) in [5, 5.41) is 3.90. The van der Waals surface area contributed by atoms with E-state index in [1.54, 1.807) is 7.05 Å². The van der Waals surface area contributed by atoms with E-state index in [1.807, 2.05) is 6.92 Å². The molecule has 1 aliphatic rings. The van der Waals surface area contributed by atoms with Crippen molar-refractivity contribution >= 4 is 10.0 Å². The molecule has 0 aliphatic carbocycles. The highest BCUT2D eigenvalue weighted by molar-refractivity contribution is 7.89. The van der Waals surface area contributed by atoms with Gasteiger partial charge in [-0.1, -0.05) is 6.92 Å². The molecule has 1 saturated heterocycles. The fourth-order valence-corrected chi connectivity index (χ4v) is 3.69. The second-order valence-corrected chi connectivity index (χ2v) is 6.38. The molecular weight excluding hydrogens is 254 g/mol. The number of sulfonamides is 1. The van der Waals surface area contributed by atoms with Crippen molar-refractivity contribution in [3.8, 4) is 0 Å². The first-order chi connectivity index (χ1) is 8.47. The van der Waals surface area contributed by atoms with Crippen LogP contribution in [0, 0.1) is 0 Å². The van der Waals surface area contributed by atoms with Gasteiger partial charge in [-0.3, -0.25) is 4.68 Å². The van der Waals surface area contributed by atoms with Crippen LogP contribution in [0.2, 0.25) is 0 Å². The fraction of sp³-hybridized carbons (Fsp3) is 0.727. The summed E-state index contributed by atoms with van der Waals surface area (Å²) in [4.78, 5) is 0.212. The van der Waals surface area contributed by atoms with Crippen molar-refractivity contribution in [2.75, 3.05) is 13.2 Å². The Kier molecular flexibility index (Phi) is 3.74. The molecule has 0 spiro atoms. The number of hydrogen-bond acceptors (Lipinski definition) is 4. The second-order valence-electron chi connectivity index (χ2n) is 4.70. The highest BCUT2D eigenvalue weighted by atomic mass is 32.2. The van der Waals surface area contributed by atoms with Crippen molar-refractivity contribution in [3.05, 3.63) is 12.4 Å². The van der Waals surface area contributed by atoms with Crippen LogP contribution in [0.1, 0.15) is 26.2 Å². The highest BCUT2D eigenvalue weighted by Crippen LogP contribution is 2.26. The minimum atomic E-state index is -3.50. The van der Waals surface area contributed by atoms with Crippen LogP contribution in [-0.4, -0.2) is 37.0 Å². The van der Waals surface area contributed by atoms with Crippen LogP contribution in [0.3, 0.4) is 0 Å². The van der Waals surface area contributed by atoms with Crippen molar-refractivity contribution in [1.82, 2.24) is 14.5 Å². The number of nitrogens with one attached hydrogen (secondary N) is 1. The van der Waals surface area contributed by atoms with Crippen molar-refractivity contribution in [1.29, 1.82) is 0 Å². The number of ether oxygens (including phenoxy) is 1. The van der Waals surface area contributed by atoms with Gasteiger partial charge in [-0.15, -0.1) is 0 Å². The van der Waals surface area contributed by atoms with Gasteiger partial charge in [0, 0.05) is 32.0 Å². The maximum atomic E-state index is 12.3. The first-order valence-corrected chi connectivity index (χ1v) is 7.56. The van der Waals surface area contributed by atoms with Gasteiger partial charge < -0.3 is 4.74 Å². The van der Waals surface area contributed by atoms with Crippen LogP contribution >= 0.6 is 0 Å². The first-order valence-electron chi connectivity index (χ1n) is 6.08. The topological polar surface area (TPSA) is 73.2 Å². The van der Waals surface area contributed by atoms with Gasteiger partial charge in [0.15, 0.2) is 0 Å². The zero-order chi connectivity index (χ0) is 13.2. The maximum Gasteiger partial charge on any atom is 0.244 e. The Morgan fingerprint density at radius 3 is 2.67 bits per heavy atom. The molecule has 0 radical (unpaired) electrons. The van der Waals surface area contributed by atoms with Gasteiger partial charge in [0.05, 0.1) is 6.20 Å². The minimum Gasteiger partial charge on any atom is -0.381 e. The largest absolute Gasteiger partial charge is 0.381 e. The lowest BCUT2D eigenvalue weighted by Crippen LogP contribution is -2.51. The second kappa shape index (κ2) is 4.99.